The number of rotatable bonds is 20. The lowest BCUT2D eigenvalue weighted by Gasteiger charge is -2.34. The number of anilines is 4. The average molecular weight is 1530 g/mol. The number of halogens is 1. The highest BCUT2D eigenvalue weighted by Gasteiger charge is 2.28. The summed E-state index contributed by atoms with van der Waals surface area (Å²) >= 11 is 5.52. The van der Waals surface area contributed by atoms with Gasteiger partial charge in [0.25, 0.3) is 0 Å². The van der Waals surface area contributed by atoms with Crippen LogP contribution in [0.1, 0.15) is 102 Å². The first-order chi connectivity index (χ1) is 52.2. The molecule has 3 aromatic heterocycles. The maximum absolute atomic E-state index is 11.4. The van der Waals surface area contributed by atoms with E-state index in [2.05, 4.69) is 55.3 Å². The van der Waals surface area contributed by atoms with Crippen LogP contribution in [0.25, 0.3) is 22.5 Å². The monoisotopic (exact) mass is 1530 g/mol. The number of benzene rings is 3. The summed E-state index contributed by atoms with van der Waals surface area (Å²) in [4.78, 5) is 74.6. The van der Waals surface area contributed by atoms with E-state index in [0.29, 0.717) is 102 Å². The van der Waals surface area contributed by atoms with Gasteiger partial charge in [-0.1, -0.05) is 54.1 Å². The smallest absolute Gasteiger partial charge is 0.492 e. The molecule has 3 aromatic carbocycles. The molecule has 0 atom stereocenters. The molecule has 0 spiro atoms. The van der Waals surface area contributed by atoms with Gasteiger partial charge in [-0.15, -0.1) is 20.4 Å². The molecule has 109 heavy (non-hydrogen) atoms. The first kappa shape index (κ1) is 88.9. The highest BCUT2D eigenvalue weighted by molar-refractivity contribution is 6.67. The number of carboxylic acid groups (broad SMARTS) is 3. The SMILES string of the molecule is COC(=O)CC1CCN(/C(=C/C(=N)Cl)C(=N)N)CC1.COC(=O)CC1CCN(c2cc(-c3ccccc3O)nnc2N)CC1.COC(=O)CC1CCNCC1.Nc1nnc(-c2ccccc2O)cc1N1CCC(CC(=O)O)CC1.O=C(O)CC1CCNCC1.O=C(O)Cc1ccncc1.OB(O)c1ccccc1O. The molecule has 5 fully saturated rings. The number of amidine groups is 1. The molecular weight excluding hydrogens is 1430 g/mol. The van der Waals surface area contributed by atoms with Crippen LogP contribution in [0.15, 0.2) is 121 Å². The van der Waals surface area contributed by atoms with Crippen molar-refractivity contribution >= 4 is 94.0 Å². The number of phenolic OH excluding ortho intramolecular Hbond substituents is 3. The normalized spacial score (nSPS) is 15.5. The van der Waals surface area contributed by atoms with Crippen molar-refractivity contribution in [3.63, 3.8) is 0 Å². The van der Waals surface area contributed by atoms with Gasteiger partial charge in [-0.2, -0.15) is 0 Å². The van der Waals surface area contributed by atoms with Crippen LogP contribution in [-0.4, -0.2) is 212 Å². The predicted octanol–water partition coefficient (Wildman–Crippen LogP) is 6.42. The second-order valence-electron chi connectivity index (χ2n) is 26.4. The third-order valence-electron chi connectivity index (χ3n) is 18.6. The molecule has 8 heterocycles. The summed E-state index contributed by atoms with van der Waals surface area (Å²) < 4.78 is 14.0. The minimum absolute atomic E-state index is 0.0719. The Labute approximate surface area is 639 Å². The molecule has 0 radical (unpaired) electrons. The Bertz CT molecular complexity index is 3890. The number of allylic oxidation sites excluding steroid dienone is 1. The van der Waals surface area contributed by atoms with Crippen LogP contribution in [0.3, 0.4) is 0 Å². The van der Waals surface area contributed by atoms with Crippen molar-refractivity contribution in [2.45, 2.75) is 103 Å². The minimum Gasteiger partial charge on any atom is -0.508 e. The molecule has 0 aliphatic carbocycles. The van der Waals surface area contributed by atoms with Crippen molar-refractivity contribution in [2.75, 3.05) is 108 Å². The fourth-order valence-electron chi connectivity index (χ4n) is 12.5. The molecule has 11 rings (SSSR count). The van der Waals surface area contributed by atoms with Crippen LogP contribution in [0.4, 0.5) is 23.0 Å². The zero-order valence-corrected chi connectivity index (χ0v) is 62.5. The molecule has 0 bridgehead atoms. The summed E-state index contributed by atoms with van der Waals surface area (Å²) in [7, 11) is 2.66. The summed E-state index contributed by atoms with van der Waals surface area (Å²) in [6.07, 6.45) is 16.0. The number of hydrogen-bond donors (Lipinski definition) is 15. The zero-order chi connectivity index (χ0) is 79.8. The van der Waals surface area contributed by atoms with E-state index in [4.69, 9.17) is 74.8 Å². The number of pyridine rings is 1. The van der Waals surface area contributed by atoms with Gasteiger partial charge in [0.05, 0.1) is 56.2 Å². The summed E-state index contributed by atoms with van der Waals surface area (Å²) in [5.41, 5.74) is 22.8. The quantitative estimate of drug-likeness (QED) is 0.0129. The van der Waals surface area contributed by atoms with Gasteiger partial charge in [0.15, 0.2) is 11.6 Å². The standard InChI is InChI=1S/C18H22N4O3.C17H20N4O3.C12H19ClN4O2.C8H15NO2.C7H13NO2.C7H7NO2.C6H7BO3/c1-25-17(24)10-12-6-8-22(9-7-12)15-11-14(20-21-18(15)19)13-4-2-3-5-16(13)23;18-17-14(21-7-5-11(6-8-21)9-16(23)24)10-13(19-20-17)12-3-1-2-4-15(12)22;1-19-11(18)6-8-2-4-17(5-3-8)9(12(15)16)7-10(13)14;1-11-8(10)6-7-2-4-9-5-3-7;2*9-7(10)5-6-1-3-8-4-2-6;8-6-4-2-1-3-5(6)7(9)10/h2-5,11-12,23H,6-10H2,1H3,(H2,19,21);1-4,10-11,22H,5-9H2,(H2,18,20)(H,23,24);7-8,14H,2-6H2,1H3,(H3,15,16);7,9H,2-6H2,1H3;6,8H,1-5H2,(H,9,10);1-4H,5H2,(H,9,10);1-4,8-10H/b;;9-7+,14-10?;;;;. The van der Waals surface area contributed by atoms with E-state index in [9.17, 15) is 39.0 Å². The molecule has 32 nitrogen and oxygen atoms in total. The molecule has 5 aliphatic rings. The Balaban J connectivity index is 0.000000236. The van der Waals surface area contributed by atoms with Gasteiger partial charge in [0.2, 0.25) is 0 Å². The van der Waals surface area contributed by atoms with Crippen LogP contribution < -0.4 is 43.1 Å². The largest absolute Gasteiger partial charge is 0.508 e. The lowest BCUT2D eigenvalue weighted by Crippen LogP contribution is -2.38. The number of esters is 3. The van der Waals surface area contributed by atoms with Crippen LogP contribution in [0.5, 0.6) is 17.2 Å². The number of methoxy groups -OCH3 is 3. The second-order valence-corrected chi connectivity index (χ2v) is 26.8. The fraction of sp³-hybridized carbons (Fsp3) is 0.453. The fourth-order valence-corrected chi connectivity index (χ4v) is 12.6. The van der Waals surface area contributed by atoms with Gasteiger partial charge >= 0.3 is 42.9 Å². The number of carbonyl (C=O) groups excluding carboxylic acids is 3. The highest BCUT2D eigenvalue weighted by atomic mass is 35.5. The summed E-state index contributed by atoms with van der Waals surface area (Å²) in [6.45, 7) is 8.48. The number of para-hydroxylation sites is 3. The zero-order valence-electron chi connectivity index (χ0n) is 61.8. The number of likely N-dealkylation sites (tertiary alicyclic amines) is 1. The lowest BCUT2D eigenvalue weighted by molar-refractivity contribution is -0.142. The van der Waals surface area contributed by atoms with Crippen molar-refractivity contribution in [1.29, 1.82) is 10.8 Å². The molecule has 0 amide bonds. The Kier molecular flexibility index (Phi) is 39.0. The Hall–Kier alpha value is -10.7. The van der Waals surface area contributed by atoms with Gasteiger partial charge in [0, 0.05) is 106 Å². The van der Waals surface area contributed by atoms with E-state index in [1.54, 1.807) is 73.1 Å². The average Bonchev–Trinajstić information content (AvgIpc) is 0.814. The molecule has 590 valence electrons. The van der Waals surface area contributed by atoms with Crippen molar-refractivity contribution < 1.29 is 83.7 Å². The van der Waals surface area contributed by atoms with Crippen molar-refractivity contribution in [3.8, 4) is 39.8 Å². The number of aromatic nitrogens is 5. The molecule has 34 heteroatoms. The number of hydrogen-bond acceptors (Lipinski definition) is 28. The number of nitrogens with one attached hydrogen (secondary N) is 4. The van der Waals surface area contributed by atoms with E-state index in [-0.39, 0.29) is 70.4 Å². The number of nitrogens with zero attached hydrogens (tertiary/aromatic N) is 8. The number of phenols is 3. The Morgan fingerprint density at radius 1 is 0.523 bits per heavy atom. The topological polar surface area (TPSA) is 516 Å². The molecule has 6 aromatic rings. The number of carboxylic acids is 3. The van der Waals surface area contributed by atoms with Gasteiger partial charge in [-0.05, 0) is 180 Å². The number of carbonyl (C=O) groups is 6. The summed E-state index contributed by atoms with van der Waals surface area (Å²) in [5, 5.41) is 109. The van der Waals surface area contributed by atoms with Gasteiger partial charge < -0.3 is 97.4 Å². The van der Waals surface area contributed by atoms with E-state index >= 15 is 0 Å². The van der Waals surface area contributed by atoms with Crippen LogP contribution >= 0.6 is 11.6 Å². The molecular formula is C75H103BClN15O17. The minimum atomic E-state index is -1.60. The number of nitrogens with two attached hydrogens (primary N) is 3. The van der Waals surface area contributed by atoms with E-state index in [1.807, 2.05) is 29.2 Å². The maximum Gasteiger partial charge on any atom is 0.492 e. The number of piperidine rings is 5. The number of aliphatic carboxylic acids is 3. The van der Waals surface area contributed by atoms with Crippen LogP contribution in [0, 0.1) is 40.4 Å². The first-order valence-electron chi connectivity index (χ1n) is 35.9. The molecule has 5 aliphatic heterocycles. The maximum atomic E-state index is 11.4. The van der Waals surface area contributed by atoms with Gasteiger partial charge in [-0.25, -0.2) is 0 Å². The summed E-state index contributed by atoms with van der Waals surface area (Å²) in [6, 6.07) is 27.1. The van der Waals surface area contributed by atoms with Crippen LogP contribution in [0.2, 0.25) is 0 Å². The van der Waals surface area contributed by atoms with E-state index in [0.717, 1.165) is 134 Å². The van der Waals surface area contributed by atoms with Crippen LogP contribution in [-0.2, 0) is 49.4 Å². The Morgan fingerprint density at radius 2 is 0.881 bits per heavy atom. The molecule has 18 N–H and O–H groups in total. The second kappa shape index (κ2) is 47.8. The molecule has 0 unspecified atom stereocenters. The molecule has 5 saturated heterocycles. The third-order valence-corrected chi connectivity index (χ3v) is 18.7. The Morgan fingerprint density at radius 3 is 1.22 bits per heavy atom. The van der Waals surface area contributed by atoms with Crippen molar-refractivity contribution in [1.82, 2.24) is 40.9 Å². The van der Waals surface area contributed by atoms with Gasteiger partial charge in [-0.3, -0.25) is 44.6 Å². The first-order valence-corrected chi connectivity index (χ1v) is 36.2. The van der Waals surface area contributed by atoms with Crippen molar-refractivity contribution in [2.24, 2.45) is 35.3 Å². The number of aromatic hydroxyl groups is 3. The van der Waals surface area contributed by atoms with E-state index in [1.165, 1.54) is 39.5 Å². The highest BCUT2D eigenvalue weighted by Crippen LogP contribution is 2.36. The number of ether oxygens (including phenoxy) is 3. The lowest BCUT2D eigenvalue weighted by atomic mass is 9.80. The third kappa shape index (κ3) is 32.7. The van der Waals surface area contributed by atoms with Gasteiger partial charge in [0.1, 0.15) is 28.3 Å². The number of nitrogen functional groups attached to an aromatic ring is 2. The van der Waals surface area contributed by atoms with E-state index < -0.39 is 25.0 Å². The summed E-state index contributed by atoms with van der Waals surface area (Å²) in [5.74, 6) is -0.0542. The van der Waals surface area contributed by atoms with Crippen molar-refractivity contribution in [3.05, 3.63) is 127 Å². The predicted molar refractivity (Wildman–Crippen MR) is 414 cm³/mol. The molecule has 0 saturated carbocycles.